The monoisotopic (exact) mass is 323 g/mol. The van der Waals surface area contributed by atoms with Crippen molar-refractivity contribution < 1.29 is 14.6 Å². The zero-order valence-corrected chi connectivity index (χ0v) is 13.5. The van der Waals surface area contributed by atoms with Crippen molar-refractivity contribution in [3.05, 3.63) is 65.7 Å². The molecule has 0 amide bonds. The molecule has 4 heteroatoms. The van der Waals surface area contributed by atoms with Crippen LogP contribution in [0.5, 0.6) is 5.75 Å². The van der Waals surface area contributed by atoms with Gasteiger partial charge in [-0.1, -0.05) is 48.5 Å². The number of para-hydroxylation sites is 1. The number of fused-ring (bicyclic) bond motifs is 1. The van der Waals surface area contributed by atoms with Crippen molar-refractivity contribution in [3.8, 4) is 5.75 Å². The van der Waals surface area contributed by atoms with E-state index in [-0.39, 0.29) is 0 Å². The molecule has 0 aromatic heterocycles. The van der Waals surface area contributed by atoms with Crippen molar-refractivity contribution in [1.82, 2.24) is 4.90 Å². The first kappa shape index (κ1) is 15.2. The number of carboxylic acids is 1. The normalized spacial score (nSPS) is 22.1. The number of carbonyl (C=O) groups is 1. The minimum Gasteiger partial charge on any atom is -0.486 e. The van der Waals surface area contributed by atoms with Crippen LogP contribution in [-0.2, 0) is 11.3 Å². The van der Waals surface area contributed by atoms with E-state index in [2.05, 4.69) is 29.2 Å². The summed E-state index contributed by atoms with van der Waals surface area (Å²) in [7, 11) is 0. The number of ether oxygens (including phenoxy) is 1. The van der Waals surface area contributed by atoms with Gasteiger partial charge < -0.3 is 9.84 Å². The van der Waals surface area contributed by atoms with Gasteiger partial charge in [-0.3, -0.25) is 9.69 Å². The lowest BCUT2D eigenvalue weighted by Crippen LogP contribution is -2.50. The van der Waals surface area contributed by atoms with E-state index in [0.29, 0.717) is 0 Å². The van der Waals surface area contributed by atoms with E-state index >= 15 is 0 Å². The van der Waals surface area contributed by atoms with E-state index < -0.39 is 17.5 Å². The van der Waals surface area contributed by atoms with Gasteiger partial charge in [0.15, 0.2) is 0 Å². The van der Waals surface area contributed by atoms with Gasteiger partial charge in [-0.15, -0.1) is 0 Å². The molecular weight excluding hydrogens is 302 g/mol. The zero-order valence-electron chi connectivity index (χ0n) is 13.5. The Balaban J connectivity index is 1.51. The highest BCUT2D eigenvalue weighted by Gasteiger charge is 2.53. The van der Waals surface area contributed by atoms with Gasteiger partial charge in [0.1, 0.15) is 17.3 Å². The van der Waals surface area contributed by atoms with Gasteiger partial charge in [0, 0.05) is 38.0 Å². The molecule has 0 aliphatic carbocycles. The molecule has 2 aliphatic rings. The molecule has 124 valence electrons. The van der Waals surface area contributed by atoms with Crippen LogP contribution in [0.15, 0.2) is 54.6 Å². The number of aliphatic carboxylic acids is 1. The number of hydrogen-bond donors (Lipinski definition) is 1. The molecule has 0 bridgehead atoms. The van der Waals surface area contributed by atoms with Crippen LogP contribution in [0.2, 0.25) is 0 Å². The van der Waals surface area contributed by atoms with Crippen molar-refractivity contribution >= 4 is 5.97 Å². The summed E-state index contributed by atoms with van der Waals surface area (Å²) in [5.74, 6) is -0.606. The van der Waals surface area contributed by atoms with Gasteiger partial charge in [0.2, 0.25) is 0 Å². The second-order valence-electron chi connectivity index (χ2n) is 6.74. The molecule has 0 saturated carbocycles. The summed E-state index contributed by atoms with van der Waals surface area (Å²) in [5, 5.41) is 9.78. The first-order valence-electron chi connectivity index (χ1n) is 8.45. The first-order valence-corrected chi connectivity index (χ1v) is 8.45. The van der Waals surface area contributed by atoms with Crippen molar-refractivity contribution in [2.45, 2.75) is 30.9 Å². The molecule has 0 radical (unpaired) electrons. The standard InChI is InChI=1S/C20H21NO3/c22-19(23)18-16-8-4-5-9-17(16)24-20(18)10-12-21(13-11-20)14-15-6-2-1-3-7-15/h1-9,18H,10-14H2,(H,22,23). The fourth-order valence-electron chi connectivity index (χ4n) is 4.05. The van der Waals surface area contributed by atoms with Crippen LogP contribution in [0.3, 0.4) is 0 Å². The molecule has 1 spiro atoms. The highest BCUT2D eigenvalue weighted by Crippen LogP contribution is 2.49. The van der Waals surface area contributed by atoms with Gasteiger partial charge in [0.25, 0.3) is 0 Å². The van der Waals surface area contributed by atoms with E-state index in [1.165, 1.54) is 5.56 Å². The number of carboxylic acid groups (broad SMARTS) is 1. The van der Waals surface area contributed by atoms with Gasteiger partial charge in [-0.25, -0.2) is 0 Å². The van der Waals surface area contributed by atoms with Gasteiger partial charge in [0.05, 0.1) is 0 Å². The van der Waals surface area contributed by atoms with Gasteiger partial charge >= 0.3 is 5.97 Å². The summed E-state index contributed by atoms with van der Waals surface area (Å²) >= 11 is 0. The summed E-state index contributed by atoms with van der Waals surface area (Å²) in [6.07, 6.45) is 1.48. The fraction of sp³-hybridized carbons (Fsp3) is 0.350. The van der Waals surface area contributed by atoms with Crippen LogP contribution in [0.4, 0.5) is 0 Å². The summed E-state index contributed by atoms with van der Waals surface area (Å²) in [5.41, 5.74) is 1.52. The lowest BCUT2D eigenvalue weighted by Gasteiger charge is -2.41. The molecule has 4 nitrogen and oxygen atoms in total. The van der Waals surface area contributed by atoms with Crippen LogP contribution in [0.25, 0.3) is 0 Å². The maximum absolute atomic E-state index is 11.9. The van der Waals surface area contributed by atoms with Crippen molar-refractivity contribution in [3.63, 3.8) is 0 Å². The Labute approximate surface area is 141 Å². The summed E-state index contributed by atoms with van der Waals surface area (Å²) < 4.78 is 6.20. The number of rotatable bonds is 3. The van der Waals surface area contributed by atoms with Crippen LogP contribution in [-0.4, -0.2) is 34.7 Å². The van der Waals surface area contributed by atoms with E-state index in [0.717, 1.165) is 43.8 Å². The molecule has 2 aromatic rings. The molecule has 1 atom stereocenters. The summed E-state index contributed by atoms with van der Waals surface area (Å²) in [4.78, 5) is 14.3. The lowest BCUT2D eigenvalue weighted by atomic mass is 9.77. The molecule has 24 heavy (non-hydrogen) atoms. The quantitative estimate of drug-likeness (QED) is 0.942. The predicted octanol–water partition coefficient (Wildman–Crippen LogP) is 3.28. The molecule has 4 rings (SSSR count). The van der Waals surface area contributed by atoms with Crippen LogP contribution in [0, 0.1) is 0 Å². The number of likely N-dealkylation sites (tertiary alicyclic amines) is 1. The molecular formula is C20H21NO3. The predicted molar refractivity (Wildman–Crippen MR) is 91.1 cm³/mol. The molecule has 1 fully saturated rings. The Bertz CT molecular complexity index is 736. The van der Waals surface area contributed by atoms with E-state index in [4.69, 9.17) is 4.74 Å². The second kappa shape index (κ2) is 5.95. The molecule has 2 heterocycles. The van der Waals surface area contributed by atoms with Crippen LogP contribution in [0.1, 0.15) is 29.9 Å². The van der Waals surface area contributed by atoms with Gasteiger partial charge in [-0.05, 0) is 11.6 Å². The number of piperidine rings is 1. The molecule has 1 saturated heterocycles. The molecule has 1 N–H and O–H groups in total. The maximum atomic E-state index is 11.9. The van der Waals surface area contributed by atoms with Gasteiger partial charge in [-0.2, -0.15) is 0 Å². The third-order valence-corrected chi connectivity index (χ3v) is 5.27. The Kier molecular flexibility index (Phi) is 3.77. The average Bonchev–Trinajstić information content (AvgIpc) is 2.91. The smallest absolute Gasteiger partial charge is 0.315 e. The minimum absolute atomic E-state index is 0.562. The number of benzene rings is 2. The SMILES string of the molecule is O=C(O)C1c2ccccc2OC12CCN(Cc1ccccc1)CC2. The van der Waals surface area contributed by atoms with Crippen LogP contribution >= 0.6 is 0 Å². The number of nitrogens with zero attached hydrogens (tertiary/aromatic N) is 1. The topological polar surface area (TPSA) is 49.8 Å². The third kappa shape index (κ3) is 2.57. The summed E-state index contributed by atoms with van der Waals surface area (Å²) in [6.45, 7) is 2.61. The lowest BCUT2D eigenvalue weighted by molar-refractivity contribution is -0.144. The van der Waals surface area contributed by atoms with Crippen molar-refractivity contribution in [2.24, 2.45) is 0 Å². The Morgan fingerprint density at radius 3 is 2.46 bits per heavy atom. The Morgan fingerprint density at radius 1 is 1.08 bits per heavy atom. The molecule has 1 unspecified atom stereocenters. The van der Waals surface area contributed by atoms with Crippen molar-refractivity contribution in [1.29, 1.82) is 0 Å². The highest BCUT2D eigenvalue weighted by atomic mass is 16.5. The van der Waals surface area contributed by atoms with E-state index in [1.54, 1.807) is 0 Å². The highest BCUT2D eigenvalue weighted by molar-refractivity contribution is 5.80. The van der Waals surface area contributed by atoms with E-state index in [1.807, 2.05) is 30.3 Å². The average molecular weight is 323 g/mol. The van der Waals surface area contributed by atoms with Crippen LogP contribution < -0.4 is 4.74 Å². The second-order valence-corrected chi connectivity index (χ2v) is 6.74. The maximum Gasteiger partial charge on any atom is 0.315 e. The molecule has 2 aromatic carbocycles. The Morgan fingerprint density at radius 2 is 1.75 bits per heavy atom. The third-order valence-electron chi connectivity index (χ3n) is 5.27. The number of hydrogen-bond acceptors (Lipinski definition) is 3. The fourth-order valence-corrected chi connectivity index (χ4v) is 4.05. The molecule has 2 aliphatic heterocycles. The first-order chi connectivity index (χ1) is 11.7. The Hall–Kier alpha value is -2.33. The van der Waals surface area contributed by atoms with E-state index in [9.17, 15) is 9.90 Å². The zero-order chi connectivity index (χ0) is 16.6. The largest absolute Gasteiger partial charge is 0.486 e. The minimum atomic E-state index is -0.781. The van der Waals surface area contributed by atoms with Crippen molar-refractivity contribution in [2.75, 3.05) is 13.1 Å². The summed E-state index contributed by atoms with van der Waals surface area (Å²) in [6, 6.07) is 18.0.